The van der Waals surface area contributed by atoms with Crippen molar-refractivity contribution in [2.45, 2.75) is 88.5 Å². The summed E-state index contributed by atoms with van der Waals surface area (Å²) in [5, 5.41) is 1.10. The van der Waals surface area contributed by atoms with E-state index in [1.165, 1.54) is 0 Å². The second-order valence-electron chi connectivity index (χ2n) is 13.1. The Hall–Kier alpha value is -2.07. The Labute approximate surface area is 286 Å². The normalized spacial score (nSPS) is 13.6. The third-order valence-corrected chi connectivity index (χ3v) is 10.9. The minimum absolute atomic E-state index is 0.0293. The second-order valence-corrected chi connectivity index (χ2v) is 16.2. The molecule has 0 N–H and O–H groups in total. The number of hydrogen-bond donors (Lipinski definition) is 0. The van der Waals surface area contributed by atoms with Gasteiger partial charge in [0, 0.05) is 67.7 Å². The maximum absolute atomic E-state index is 13.3. The predicted molar refractivity (Wildman–Crippen MR) is 191 cm³/mol. The van der Waals surface area contributed by atoms with E-state index in [-0.39, 0.29) is 17.3 Å². The molecule has 2 unspecified atom stereocenters. The molecule has 3 heterocycles. The summed E-state index contributed by atoms with van der Waals surface area (Å²) >= 11 is 15.5. The topological polar surface area (TPSA) is 77.0 Å². The number of nitrogens with zero attached hydrogens (tertiary/aromatic N) is 5. The standard InChI is InChI=1S/C34H47Cl2N5O2S2/c1-22(2)25(33-38-20-32(45-33)44-21-31-37-19-29(43-31)34(4,5)6)17-23(3)28(42)9-8-10-30-39-26-18-24(11-12-27(26)40(30)7)41(15-13-35)16-14-36/h11-12,18-20,22-23,25H,8-10,13-17,21H2,1-7H3. The zero-order valence-corrected chi connectivity index (χ0v) is 30.8. The number of Topliss-reactive ketones (excluding diaryl/α,β-unsaturated/α-hetero) is 1. The van der Waals surface area contributed by atoms with Gasteiger partial charge in [-0.3, -0.25) is 4.79 Å². The van der Waals surface area contributed by atoms with Crippen molar-refractivity contribution in [2.75, 3.05) is 29.7 Å². The van der Waals surface area contributed by atoms with Gasteiger partial charge in [0.05, 0.1) is 38.4 Å². The van der Waals surface area contributed by atoms with Crippen molar-refractivity contribution >= 4 is 68.8 Å². The summed E-state index contributed by atoms with van der Waals surface area (Å²) in [5.74, 6) is 5.30. The van der Waals surface area contributed by atoms with Gasteiger partial charge in [0.25, 0.3) is 0 Å². The Morgan fingerprint density at radius 2 is 1.84 bits per heavy atom. The first-order chi connectivity index (χ1) is 21.4. The number of hydrogen-bond acceptors (Lipinski definition) is 8. The second kappa shape index (κ2) is 16.2. The van der Waals surface area contributed by atoms with Crippen molar-refractivity contribution in [3.8, 4) is 0 Å². The van der Waals surface area contributed by atoms with Crippen LogP contribution in [0, 0.1) is 11.8 Å². The molecule has 7 nitrogen and oxygen atoms in total. The van der Waals surface area contributed by atoms with Gasteiger partial charge in [-0.25, -0.2) is 15.0 Å². The van der Waals surface area contributed by atoms with E-state index in [1.54, 1.807) is 23.1 Å². The van der Waals surface area contributed by atoms with E-state index in [2.05, 4.69) is 74.2 Å². The maximum Gasteiger partial charge on any atom is 0.204 e. The Morgan fingerprint density at radius 3 is 2.49 bits per heavy atom. The smallest absolute Gasteiger partial charge is 0.204 e. The molecule has 1 aromatic carbocycles. The van der Waals surface area contributed by atoms with Gasteiger partial charge in [-0.15, -0.1) is 46.3 Å². The number of aromatic nitrogens is 4. The van der Waals surface area contributed by atoms with E-state index in [0.717, 1.165) is 75.8 Å². The number of carbonyl (C=O) groups is 1. The molecule has 0 radical (unpaired) electrons. The molecule has 4 rings (SSSR count). The van der Waals surface area contributed by atoms with Crippen LogP contribution >= 0.6 is 46.3 Å². The Morgan fingerprint density at radius 1 is 1.11 bits per heavy atom. The lowest BCUT2D eigenvalue weighted by Crippen LogP contribution is -2.27. The molecule has 2 atom stereocenters. The average molecular weight is 693 g/mol. The quantitative estimate of drug-likeness (QED) is 0.0807. The van der Waals surface area contributed by atoms with E-state index in [1.807, 2.05) is 19.4 Å². The van der Waals surface area contributed by atoms with Crippen LogP contribution in [-0.4, -0.2) is 50.2 Å². The van der Waals surface area contributed by atoms with Gasteiger partial charge in [-0.2, -0.15) is 0 Å². The fourth-order valence-corrected chi connectivity index (χ4v) is 7.98. The van der Waals surface area contributed by atoms with Crippen molar-refractivity contribution in [2.24, 2.45) is 18.9 Å². The third-order valence-electron chi connectivity index (χ3n) is 8.27. The third kappa shape index (κ3) is 9.49. The summed E-state index contributed by atoms with van der Waals surface area (Å²) in [7, 11) is 2.05. The molecule has 0 aliphatic carbocycles. The molecular formula is C34H47Cl2N5O2S2. The number of oxazole rings is 1. The molecule has 0 amide bonds. The first-order valence-corrected chi connectivity index (χ1v) is 18.7. The Bertz CT molecular complexity index is 1530. The highest BCUT2D eigenvalue weighted by molar-refractivity contribution is 8.00. The molecule has 0 aliphatic rings. The van der Waals surface area contributed by atoms with E-state index in [0.29, 0.717) is 35.6 Å². The van der Waals surface area contributed by atoms with Gasteiger partial charge < -0.3 is 13.9 Å². The minimum atomic E-state index is -0.0544. The van der Waals surface area contributed by atoms with Crippen molar-refractivity contribution in [3.63, 3.8) is 0 Å². The van der Waals surface area contributed by atoms with Crippen LogP contribution in [-0.2, 0) is 29.4 Å². The molecule has 3 aromatic heterocycles. The number of fused-ring (bicyclic) bond motifs is 1. The maximum atomic E-state index is 13.3. The van der Waals surface area contributed by atoms with Crippen LogP contribution in [0.25, 0.3) is 11.0 Å². The van der Waals surface area contributed by atoms with Gasteiger partial charge >= 0.3 is 0 Å². The van der Waals surface area contributed by atoms with E-state index < -0.39 is 0 Å². The monoisotopic (exact) mass is 691 g/mol. The number of benzene rings is 1. The molecule has 0 aliphatic heterocycles. The summed E-state index contributed by atoms with van der Waals surface area (Å²) < 4.78 is 9.23. The fraction of sp³-hybridized carbons (Fsp3) is 0.588. The minimum Gasteiger partial charge on any atom is -0.444 e. The lowest BCUT2D eigenvalue weighted by atomic mass is 9.85. The first kappa shape index (κ1) is 35.8. The number of thioether (sulfide) groups is 1. The molecule has 11 heteroatoms. The zero-order valence-electron chi connectivity index (χ0n) is 27.6. The van der Waals surface area contributed by atoms with Crippen LogP contribution in [0.5, 0.6) is 0 Å². The molecule has 4 aromatic rings. The van der Waals surface area contributed by atoms with Crippen LogP contribution in [0.4, 0.5) is 5.69 Å². The number of thiazole rings is 1. The molecule has 246 valence electrons. The van der Waals surface area contributed by atoms with Crippen LogP contribution < -0.4 is 4.90 Å². The number of alkyl halides is 2. The van der Waals surface area contributed by atoms with Crippen LogP contribution in [0.15, 0.2) is 39.2 Å². The number of rotatable bonds is 17. The van der Waals surface area contributed by atoms with Gasteiger partial charge in [-0.05, 0) is 37.0 Å². The lowest BCUT2D eigenvalue weighted by molar-refractivity contribution is -0.122. The van der Waals surface area contributed by atoms with Crippen molar-refractivity contribution in [1.29, 1.82) is 0 Å². The summed E-state index contributed by atoms with van der Waals surface area (Å²) in [4.78, 5) is 29.6. The molecule has 0 saturated carbocycles. The Kier molecular flexibility index (Phi) is 12.8. The number of anilines is 1. The molecule has 0 fully saturated rings. The van der Waals surface area contributed by atoms with Crippen LogP contribution in [0.2, 0.25) is 0 Å². The zero-order chi connectivity index (χ0) is 32.7. The van der Waals surface area contributed by atoms with Crippen molar-refractivity contribution in [1.82, 2.24) is 19.5 Å². The summed E-state index contributed by atoms with van der Waals surface area (Å²) in [6.07, 6.45) is 6.67. The SMILES string of the molecule is CC(CC(c1ncc(SCc2ncc(C(C)(C)C)o2)s1)C(C)C)C(=O)CCCc1nc2cc(N(CCCl)CCCl)ccc2n1C. The van der Waals surface area contributed by atoms with Gasteiger partial charge in [0.15, 0.2) is 0 Å². The van der Waals surface area contributed by atoms with E-state index in [9.17, 15) is 4.79 Å². The molecule has 45 heavy (non-hydrogen) atoms. The molecular weight excluding hydrogens is 645 g/mol. The van der Waals surface area contributed by atoms with E-state index >= 15 is 0 Å². The highest BCUT2D eigenvalue weighted by Crippen LogP contribution is 2.38. The van der Waals surface area contributed by atoms with Gasteiger partial charge in [0.2, 0.25) is 5.89 Å². The van der Waals surface area contributed by atoms with E-state index in [4.69, 9.17) is 37.6 Å². The number of carbonyl (C=O) groups excluding carboxylic acids is 1. The number of halogens is 2. The number of ketones is 1. The predicted octanol–water partition coefficient (Wildman–Crippen LogP) is 9.25. The highest BCUT2D eigenvalue weighted by Gasteiger charge is 2.26. The van der Waals surface area contributed by atoms with Crippen molar-refractivity contribution in [3.05, 3.63) is 53.1 Å². The molecule has 0 saturated heterocycles. The van der Waals surface area contributed by atoms with Gasteiger partial charge in [0.1, 0.15) is 17.4 Å². The summed E-state index contributed by atoms with van der Waals surface area (Å²) in [6.45, 7) is 14.4. The molecule has 0 bridgehead atoms. The largest absolute Gasteiger partial charge is 0.444 e. The van der Waals surface area contributed by atoms with Crippen molar-refractivity contribution < 1.29 is 9.21 Å². The van der Waals surface area contributed by atoms with Gasteiger partial charge in [-0.1, -0.05) is 41.5 Å². The summed E-state index contributed by atoms with van der Waals surface area (Å²) in [6, 6.07) is 6.32. The Balaban J connectivity index is 1.31. The molecule has 0 spiro atoms. The van der Waals surface area contributed by atoms with Crippen LogP contribution in [0.1, 0.15) is 89.2 Å². The number of imidazole rings is 1. The van der Waals surface area contributed by atoms with Crippen LogP contribution in [0.3, 0.4) is 0 Å². The first-order valence-electron chi connectivity index (χ1n) is 15.8. The summed E-state index contributed by atoms with van der Waals surface area (Å²) in [5.41, 5.74) is 3.06. The average Bonchev–Trinajstić information content (AvgIpc) is 3.73. The fourth-order valence-electron chi connectivity index (χ4n) is 5.44. The lowest BCUT2D eigenvalue weighted by Gasteiger charge is -2.22. The highest BCUT2D eigenvalue weighted by atomic mass is 35.5. The number of aryl methyl sites for hydroxylation is 2.